The lowest BCUT2D eigenvalue weighted by molar-refractivity contribution is -0.122. The third kappa shape index (κ3) is 7.10. The Morgan fingerprint density at radius 2 is 1.80 bits per heavy atom. The van der Waals surface area contributed by atoms with Gasteiger partial charge in [0.2, 0.25) is 5.91 Å². The van der Waals surface area contributed by atoms with E-state index in [2.05, 4.69) is 20.9 Å². The zero-order chi connectivity index (χ0) is 28.6. The number of nitrogen functional groups attached to an aromatic ring is 1. The first-order chi connectivity index (χ1) is 19.2. The number of hydrogen-bond donors (Lipinski definition) is 5. The number of fused-ring (bicyclic) bond motifs is 1. The third-order valence-electron chi connectivity index (χ3n) is 5.99. The quantitative estimate of drug-likeness (QED) is 0.179. The van der Waals surface area contributed by atoms with Crippen molar-refractivity contribution >= 4 is 39.9 Å². The van der Waals surface area contributed by atoms with Crippen LogP contribution in [0.1, 0.15) is 37.9 Å². The maximum absolute atomic E-state index is 13.7. The zero-order valence-electron chi connectivity index (χ0n) is 22.7. The molecule has 4 aromatic rings. The van der Waals surface area contributed by atoms with E-state index in [1.54, 1.807) is 24.4 Å². The molecule has 4 rings (SSSR count). The molecule has 208 valence electrons. The molecule has 10 nitrogen and oxygen atoms in total. The van der Waals surface area contributed by atoms with E-state index in [4.69, 9.17) is 20.9 Å². The van der Waals surface area contributed by atoms with E-state index >= 15 is 0 Å². The van der Waals surface area contributed by atoms with Gasteiger partial charge in [-0.1, -0.05) is 18.2 Å². The second-order valence-electron chi connectivity index (χ2n) is 9.42. The molecule has 3 aromatic carbocycles. The fraction of sp³-hybridized carbons (Fsp3) is 0.233. The van der Waals surface area contributed by atoms with Crippen molar-refractivity contribution in [2.24, 2.45) is 5.73 Å². The smallest absolute Gasteiger partial charge is 0.316 e. The lowest BCUT2D eigenvalue weighted by Gasteiger charge is -2.22. The number of hydrogen-bond acceptors (Lipinski definition) is 7. The molecule has 0 radical (unpaired) electrons. The molecule has 10 heteroatoms. The maximum atomic E-state index is 13.7. The number of rotatable bonds is 11. The van der Waals surface area contributed by atoms with E-state index in [0.29, 0.717) is 35.2 Å². The van der Waals surface area contributed by atoms with Gasteiger partial charge in [-0.15, -0.1) is 0 Å². The molecular weight excluding hydrogens is 508 g/mol. The fourth-order valence-electron chi connectivity index (χ4n) is 4.27. The van der Waals surface area contributed by atoms with E-state index in [9.17, 15) is 9.59 Å². The summed E-state index contributed by atoms with van der Waals surface area (Å²) in [5, 5.41) is 10.6. The summed E-state index contributed by atoms with van der Waals surface area (Å²) in [6.45, 7) is 6.45. The topological polar surface area (TPSA) is 154 Å². The van der Waals surface area contributed by atoms with Gasteiger partial charge in [0, 0.05) is 29.5 Å². The van der Waals surface area contributed by atoms with Crippen LogP contribution >= 0.6 is 0 Å². The van der Waals surface area contributed by atoms with E-state index in [1.165, 1.54) is 0 Å². The number of primary amides is 1. The number of amides is 3. The minimum Gasteiger partial charge on any atom is -0.490 e. The van der Waals surface area contributed by atoms with Crippen LogP contribution in [0.25, 0.3) is 10.8 Å². The third-order valence-corrected chi connectivity index (χ3v) is 5.99. The molecule has 1 atom stereocenters. The molecule has 0 saturated carbocycles. The Morgan fingerprint density at radius 3 is 2.55 bits per heavy atom. The Bertz CT molecular complexity index is 1510. The number of pyridine rings is 1. The standard InChI is InChI=1S/C30H34N6O4/c1-4-39-26-16-21(8-11-25(26)40-18(2)3)27(35-23-9-10-24-20(15-23)12-13-33-28(24)31)29(37)34-17-19-6-5-7-22(14-19)36-30(32)38/h5-16,18,27,35H,4,17H2,1-3H3,(H2,31,33)(H,34,37)(H3,32,36,38). The molecule has 3 amide bonds. The normalized spacial score (nSPS) is 11.6. The van der Waals surface area contributed by atoms with Crippen LogP contribution in [-0.4, -0.2) is 29.6 Å². The SMILES string of the molecule is CCOc1cc(C(Nc2ccc3c(N)nccc3c2)C(=O)NCc2cccc(NC(N)=O)c2)ccc1OC(C)C. The van der Waals surface area contributed by atoms with Crippen molar-refractivity contribution in [3.05, 3.63) is 84.1 Å². The zero-order valence-corrected chi connectivity index (χ0v) is 22.7. The Kier molecular flexibility index (Phi) is 8.90. The minimum atomic E-state index is -0.768. The molecule has 1 unspecified atom stereocenters. The lowest BCUT2D eigenvalue weighted by Crippen LogP contribution is -2.33. The summed E-state index contributed by atoms with van der Waals surface area (Å²) in [5.74, 6) is 1.33. The Hall–Kier alpha value is -4.99. The Morgan fingerprint density at radius 1 is 0.975 bits per heavy atom. The van der Waals surface area contributed by atoms with Crippen molar-refractivity contribution in [2.45, 2.75) is 39.5 Å². The van der Waals surface area contributed by atoms with Gasteiger partial charge in [-0.2, -0.15) is 0 Å². The summed E-state index contributed by atoms with van der Waals surface area (Å²) in [6, 6.07) is 18.7. The molecule has 0 aliphatic carbocycles. The van der Waals surface area contributed by atoms with Crippen molar-refractivity contribution in [2.75, 3.05) is 23.0 Å². The molecule has 0 spiro atoms. The van der Waals surface area contributed by atoms with Gasteiger partial charge < -0.3 is 36.9 Å². The molecule has 1 heterocycles. The number of carbonyl (C=O) groups is 2. The van der Waals surface area contributed by atoms with Crippen LogP contribution in [0, 0.1) is 0 Å². The van der Waals surface area contributed by atoms with Crippen LogP contribution in [0.2, 0.25) is 0 Å². The summed E-state index contributed by atoms with van der Waals surface area (Å²) >= 11 is 0. The van der Waals surface area contributed by atoms with Crippen molar-refractivity contribution in [1.82, 2.24) is 10.3 Å². The van der Waals surface area contributed by atoms with E-state index < -0.39 is 12.1 Å². The summed E-state index contributed by atoms with van der Waals surface area (Å²) in [4.78, 5) is 29.0. The van der Waals surface area contributed by atoms with Gasteiger partial charge in [0.1, 0.15) is 11.9 Å². The van der Waals surface area contributed by atoms with Crippen LogP contribution in [0.5, 0.6) is 11.5 Å². The molecule has 0 aliphatic rings. The van der Waals surface area contributed by atoms with Crippen molar-refractivity contribution in [3.8, 4) is 11.5 Å². The predicted octanol–water partition coefficient (Wildman–Crippen LogP) is 4.96. The lowest BCUT2D eigenvalue weighted by atomic mass is 10.0. The molecule has 0 fully saturated rings. The van der Waals surface area contributed by atoms with Crippen LogP contribution in [-0.2, 0) is 11.3 Å². The summed E-state index contributed by atoms with van der Waals surface area (Å²) in [5.41, 5.74) is 14.0. The number of anilines is 3. The number of urea groups is 1. The second kappa shape index (κ2) is 12.7. The van der Waals surface area contributed by atoms with Crippen LogP contribution in [0.3, 0.4) is 0 Å². The summed E-state index contributed by atoms with van der Waals surface area (Å²) in [7, 11) is 0. The van der Waals surface area contributed by atoms with Crippen LogP contribution in [0.15, 0.2) is 72.9 Å². The highest BCUT2D eigenvalue weighted by molar-refractivity contribution is 5.94. The van der Waals surface area contributed by atoms with Gasteiger partial charge in [0.25, 0.3) is 0 Å². The molecule has 1 aromatic heterocycles. The fourth-order valence-corrected chi connectivity index (χ4v) is 4.27. The number of ether oxygens (including phenoxy) is 2. The van der Waals surface area contributed by atoms with Gasteiger partial charge in [0.15, 0.2) is 11.5 Å². The largest absolute Gasteiger partial charge is 0.490 e. The van der Waals surface area contributed by atoms with Gasteiger partial charge in [-0.05, 0) is 85.8 Å². The molecule has 0 saturated heterocycles. The van der Waals surface area contributed by atoms with Gasteiger partial charge in [-0.3, -0.25) is 4.79 Å². The number of nitrogens with one attached hydrogen (secondary N) is 3. The first-order valence-electron chi connectivity index (χ1n) is 13.0. The summed E-state index contributed by atoms with van der Waals surface area (Å²) in [6.07, 6.45) is 1.61. The number of aromatic nitrogens is 1. The van der Waals surface area contributed by atoms with Gasteiger partial charge in [0.05, 0.1) is 12.7 Å². The van der Waals surface area contributed by atoms with E-state index in [1.807, 2.05) is 69.3 Å². The molecule has 0 aliphatic heterocycles. The molecule has 40 heavy (non-hydrogen) atoms. The first kappa shape index (κ1) is 28.0. The van der Waals surface area contributed by atoms with Crippen LogP contribution < -0.4 is 36.9 Å². The number of nitrogens with two attached hydrogens (primary N) is 2. The molecule has 0 bridgehead atoms. The van der Waals surface area contributed by atoms with Gasteiger partial charge >= 0.3 is 6.03 Å². The predicted molar refractivity (Wildman–Crippen MR) is 157 cm³/mol. The van der Waals surface area contributed by atoms with Crippen molar-refractivity contribution in [1.29, 1.82) is 0 Å². The van der Waals surface area contributed by atoms with Crippen molar-refractivity contribution < 1.29 is 19.1 Å². The highest BCUT2D eigenvalue weighted by atomic mass is 16.5. The number of nitrogens with zero attached hydrogens (tertiary/aromatic N) is 1. The monoisotopic (exact) mass is 542 g/mol. The summed E-state index contributed by atoms with van der Waals surface area (Å²) < 4.78 is 11.8. The second-order valence-corrected chi connectivity index (χ2v) is 9.42. The van der Waals surface area contributed by atoms with E-state index in [0.717, 1.165) is 22.0 Å². The Labute approximate surface area is 233 Å². The minimum absolute atomic E-state index is 0.0402. The van der Waals surface area contributed by atoms with E-state index in [-0.39, 0.29) is 18.6 Å². The van der Waals surface area contributed by atoms with Crippen LogP contribution in [0.4, 0.5) is 22.0 Å². The average molecular weight is 543 g/mol. The highest BCUT2D eigenvalue weighted by Gasteiger charge is 2.23. The highest BCUT2D eigenvalue weighted by Crippen LogP contribution is 2.33. The number of carbonyl (C=O) groups excluding carboxylic acids is 2. The molecule has 7 N–H and O–H groups in total. The molecular formula is C30H34N6O4. The van der Waals surface area contributed by atoms with Gasteiger partial charge in [-0.25, -0.2) is 9.78 Å². The maximum Gasteiger partial charge on any atom is 0.316 e. The first-order valence-corrected chi connectivity index (χ1v) is 13.0. The number of benzene rings is 3. The van der Waals surface area contributed by atoms with Crippen molar-refractivity contribution in [3.63, 3.8) is 0 Å². The average Bonchev–Trinajstić information content (AvgIpc) is 2.91. The Balaban J connectivity index is 1.64.